The third-order valence-electron chi connectivity index (χ3n) is 0. The van der Waals surface area contributed by atoms with Crippen molar-refractivity contribution < 1.29 is 16.4 Å². The molecule has 7 heavy (non-hydrogen) atoms. The van der Waals surface area contributed by atoms with Crippen LogP contribution >= 0.6 is 0 Å². The predicted molar refractivity (Wildman–Crippen MR) is 33.4 cm³/mol. The molecule has 3 nitrogen and oxygen atoms in total. The summed E-state index contributed by atoms with van der Waals surface area (Å²) < 4.78 is 0. The molecule has 0 atom stereocenters. The Bertz CT molecular complexity index is 10.9. The van der Waals surface area contributed by atoms with Gasteiger partial charge in [-0.3, -0.25) is 0 Å². The maximum Gasteiger partial charge on any atom is 3.00 e. The van der Waals surface area contributed by atoms with Crippen molar-refractivity contribution in [3.8, 4) is 0 Å². The average molecular weight is 338 g/mol. The van der Waals surface area contributed by atoms with Gasteiger partial charge in [-0.25, -0.2) is 0 Å². The summed E-state index contributed by atoms with van der Waals surface area (Å²) in [7, 11) is 0. The first-order valence-corrected chi connectivity index (χ1v) is 0. The second-order valence-corrected chi connectivity index (χ2v) is 0. The largest absolute Gasteiger partial charge is 3.00 e. The van der Waals surface area contributed by atoms with Gasteiger partial charge in [0.1, 0.15) is 0 Å². The number of rotatable bonds is 0. The van der Waals surface area contributed by atoms with Crippen molar-refractivity contribution in [3.05, 3.63) is 0 Å². The standard InChI is InChI=1S/2Al.2In.3O.6H/q;;2*+3;3*-2;;;;;;. The van der Waals surface area contributed by atoms with Crippen LogP contribution in [0.3, 0.4) is 0 Å². The van der Waals surface area contributed by atoms with E-state index in [0.717, 1.165) is 0 Å². The Hall–Kier alpha value is 2.69. The van der Waals surface area contributed by atoms with Crippen LogP contribution in [0.25, 0.3) is 0 Å². The molecule has 0 spiro atoms. The smallest absolute Gasteiger partial charge is 2.00 e. The zero-order chi connectivity index (χ0) is 0. The molecule has 7 heteroatoms. The summed E-state index contributed by atoms with van der Waals surface area (Å²) in [6, 6.07) is 0. The van der Waals surface area contributed by atoms with Crippen LogP contribution in [0.4, 0.5) is 0 Å². The summed E-state index contributed by atoms with van der Waals surface area (Å²) in [4.78, 5) is 0. The van der Waals surface area contributed by atoms with Gasteiger partial charge >= 0.3 is 51.7 Å². The molecule has 0 fully saturated rings. The van der Waals surface area contributed by atoms with Crippen molar-refractivity contribution in [3.63, 3.8) is 0 Å². The molecular formula is H6Al2In2O3. The molecule has 0 saturated carbocycles. The fourth-order valence-corrected chi connectivity index (χ4v) is 0. The summed E-state index contributed by atoms with van der Waals surface area (Å²) >= 11 is 0. The first kappa shape index (κ1) is 101. The van der Waals surface area contributed by atoms with E-state index in [2.05, 4.69) is 0 Å². The van der Waals surface area contributed by atoms with Crippen LogP contribution in [0.1, 0.15) is 0 Å². The van der Waals surface area contributed by atoms with Crippen molar-refractivity contribution in [2.45, 2.75) is 0 Å². The van der Waals surface area contributed by atoms with Gasteiger partial charge in [0.15, 0.2) is 34.7 Å². The van der Waals surface area contributed by atoms with E-state index in [-0.39, 0.29) is 103 Å². The minimum absolute atomic E-state index is 0. The summed E-state index contributed by atoms with van der Waals surface area (Å²) in [5.41, 5.74) is 0. The Morgan fingerprint density at radius 3 is 0.429 bits per heavy atom. The fourth-order valence-electron chi connectivity index (χ4n) is 0. The van der Waals surface area contributed by atoms with Crippen molar-refractivity contribution in [2.24, 2.45) is 0 Å². The van der Waals surface area contributed by atoms with Crippen LogP contribution in [0.15, 0.2) is 0 Å². The van der Waals surface area contributed by atoms with E-state index in [0.29, 0.717) is 0 Å². The molecule has 0 rings (SSSR count). The SMILES string of the molecule is [AlH3].[AlH3].[In+3].[In+3].[O-2].[O-2].[O-2]. The average Bonchev–Trinajstić information content (AvgIpc) is 0. The molecule has 0 aromatic heterocycles. The Labute approximate surface area is 101 Å². The molecule has 36 valence electrons. The van der Waals surface area contributed by atoms with Gasteiger partial charge in [0.2, 0.25) is 0 Å². The van der Waals surface area contributed by atoms with Gasteiger partial charge in [-0.1, -0.05) is 0 Å². The van der Waals surface area contributed by atoms with E-state index in [1.165, 1.54) is 0 Å². The van der Waals surface area contributed by atoms with E-state index in [1.54, 1.807) is 0 Å². The van der Waals surface area contributed by atoms with Crippen LogP contribution < -0.4 is 0 Å². The summed E-state index contributed by atoms with van der Waals surface area (Å²) in [5.74, 6) is 0. The third kappa shape index (κ3) is 53.8. The molecule has 0 aromatic carbocycles. The summed E-state index contributed by atoms with van der Waals surface area (Å²) in [6.45, 7) is 0. The molecule has 0 radical (unpaired) electrons. The zero-order valence-electron chi connectivity index (χ0n) is 2.38. The Morgan fingerprint density at radius 2 is 0.429 bits per heavy atom. The van der Waals surface area contributed by atoms with Crippen LogP contribution in [0.2, 0.25) is 0 Å². The monoisotopic (exact) mass is 338 g/mol. The van der Waals surface area contributed by atoms with Gasteiger partial charge < -0.3 is 16.4 Å². The molecule has 0 amide bonds. The molecule has 0 heterocycles. The molecule has 0 N–H and O–H groups in total. The second-order valence-electron chi connectivity index (χ2n) is 0. The first-order valence-electron chi connectivity index (χ1n) is 0. The Balaban J connectivity index is 0. The normalized spacial score (nSPS) is 0. The zero-order valence-corrected chi connectivity index (χ0v) is 8.97. The molecule has 0 unspecified atom stereocenters. The van der Waals surface area contributed by atoms with Crippen LogP contribution in [0.5, 0.6) is 0 Å². The van der Waals surface area contributed by atoms with E-state index < -0.39 is 0 Å². The van der Waals surface area contributed by atoms with Crippen LogP contribution in [-0.2, 0) is 16.4 Å². The minimum atomic E-state index is 0. The molecule has 0 aliphatic rings. The minimum Gasteiger partial charge on any atom is -2.00 e. The molecule has 0 aliphatic carbocycles. The molecule has 0 aliphatic heterocycles. The second kappa shape index (κ2) is 71.1. The van der Waals surface area contributed by atoms with E-state index in [4.69, 9.17) is 0 Å². The van der Waals surface area contributed by atoms with Crippen molar-refractivity contribution in [1.29, 1.82) is 0 Å². The summed E-state index contributed by atoms with van der Waals surface area (Å²) in [5, 5.41) is 0. The van der Waals surface area contributed by atoms with Crippen LogP contribution in [0, 0.1) is 0 Å². The van der Waals surface area contributed by atoms with Crippen molar-refractivity contribution >= 4 is 86.4 Å². The van der Waals surface area contributed by atoms with Crippen molar-refractivity contribution in [1.82, 2.24) is 0 Å². The molecule has 0 aromatic rings. The van der Waals surface area contributed by atoms with Gasteiger partial charge in [-0.15, -0.1) is 0 Å². The van der Waals surface area contributed by atoms with Crippen LogP contribution in [-0.4, -0.2) is 86.4 Å². The van der Waals surface area contributed by atoms with Gasteiger partial charge in [0.05, 0.1) is 0 Å². The first-order chi connectivity index (χ1) is 0. The summed E-state index contributed by atoms with van der Waals surface area (Å²) in [6.07, 6.45) is 0. The number of hydrogen-bond acceptors (Lipinski definition) is 0. The van der Waals surface area contributed by atoms with Gasteiger partial charge in [-0.05, 0) is 0 Å². The number of hydrogen-bond donors (Lipinski definition) is 0. The molecular weight excluding hydrogens is 332 g/mol. The van der Waals surface area contributed by atoms with E-state index >= 15 is 0 Å². The Kier molecular flexibility index (Phi) is 1030. The quantitative estimate of drug-likeness (QED) is 0.411. The van der Waals surface area contributed by atoms with Gasteiger partial charge in [-0.2, -0.15) is 0 Å². The topological polar surface area (TPSA) is 85.5 Å². The van der Waals surface area contributed by atoms with Crippen molar-refractivity contribution in [2.75, 3.05) is 0 Å². The van der Waals surface area contributed by atoms with E-state index in [1.807, 2.05) is 0 Å². The molecule has 0 saturated heterocycles. The van der Waals surface area contributed by atoms with E-state index in [9.17, 15) is 0 Å². The van der Waals surface area contributed by atoms with Gasteiger partial charge in [0.25, 0.3) is 0 Å². The maximum atomic E-state index is 0. The maximum absolute atomic E-state index is 0. The molecule has 0 bridgehead atoms. The third-order valence-corrected chi connectivity index (χ3v) is 0. The van der Waals surface area contributed by atoms with Gasteiger partial charge in [0, 0.05) is 0 Å². The fraction of sp³-hybridized carbons (Fsp3) is 0. The predicted octanol–water partition coefficient (Wildman–Crippen LogP) is -3.49. The Morgan fingerprint density at radius 1 is 0.429 bits per heavy atom.